The van der Waals surface area contributed by atoms with Crippen molar-refractivity contribution in [2.24, 2.45) is 0 Å². The van der Waals surface area contributed by atoms with Crippen LogP contribution in [0.1, 0.15) is 36.8 Å². The molecule has 0 unspecified atom stereocenters. The maximum atomic E-state index is 12.4. The maximum Gasteiger partial charge on any atom is 0.262 e. The van der Waals surface area contributed by atoms with Gasteiger partial charge in [0.2, 0.25) is 0 Å². The number of benzene rings is 1. The SMILES string of the molecule is Nc1c2c(cc(=O)n1-c1ccc(C(=O)NCc3ccco3)cc1)C(=O)NC2=O. The largest absolute Gasteiger partial charge is 0.467 e. The minimum atomic E-state index is -0.653. The fourth-order valence-electron chi connectivity index (χ4n) is 2.99. The number of nitrogens with zero attached hydrogens (tertiary/aromatic N) is 1. The Labute approximate surface area is 157 Å². The predicted molar refractivity (Wildman–Crippen MR) is 98.1 cm³/mol. The molecule has 0 spiro atoms. The summed E-state index contributed by atoms with van der Waals surface area (Å²) in [6.45, 7) is 0.244. The Morgan fingerprint density at radius 3 is 2.54 bits per heavy atom. The summed E-state index contributed by atoms with van der Waals surface area (Å²) < 4.78 is 6.27. The van der Waals surface area contributed by atoms with Gasteiger partial charge in [0.25, 0.3) is 23.3 Å². The van der Waals surface area contributed by atoms with Gasteiger partial charge in [-0.15, -0.1) is 0 Å². The zero-order valence-corrected chi connectivity index (χ0v) is 14.4. The summed E-state index contributed by atoms with van der Waals surface area (Å²) in [5.41, 5.74) is 6.07. The minimum absolute atomic E-state index is 0.0372. The summed E-state index contributed by atoms with van der Waals surface area (Å²) in [4.78, 5) is 48.2. The highest BCUT2D eigenvalue weighted by atomic mass is 16.3. The highest BCUT2D eigenvalue weighted by Gasteiger charge is 2.31. The molecular weight excluding hydrogens is 364 g/mol. The van der Waals surface area contributed by atoms with E-state index in [2.05, 4.69) is 10.6 Å². The standard InChI is InChI=1S/C19H14N4O5/c20-16-15-13(18(26)22-19(15)27)8-14(24)23(16)11-5-3-10(4-6-11)17(25)21-9-12-2-1-7-28-12/h1-8H,9,20H2,(H,21,25)(H,22,26,27). The molecular formula is C19H14N4O5. The Hall–Kier alpha value is -4.14. The summed E-state index contributed by atoms with van der Waals surface area (Å²) in [7, 11) is 0. The molecule has 9 heteroatoms. The van der Waals surface area contributed by atoms with E-state index >= 15 is 0 Å². The Morgan fingerprint density at radius 1 is 1.11 bits per heavy atom. The van der Waals surface area contributed by atoms with Crippen LogP contribution in [-0.2, 0) is 6.54 Å². The second kappa shape index (κ2) is 6.54. The number of imide groups is 1. The van der Waals surface area contributed by atoms with Crippen molar-refractivity contribution in [1.82, 2.24) is 15.2 Å². The number of amides is 3. The Morgan fingerprint density at radius 2 is 1.86 bits per heavy atom. The van der Waals surface area contributed by atoms with Crippen molar-refractivity contribution in [2.45, 2.75) is 6.54 Å². The van der Waals surface area contributed by atoms with Gasteiger partial charge in [0.15, 0.2) is 0 Å². The van der Waals surface area contributed by atoms with Crippen molar-refractivity contribution in [2.75, 3.05) is 5.73 Å². The first-order valence-corrected chi connectivity index (χ1v) is 8.28. The smallest absolute Gasteiger partial charge is 0.262 e. The molecule has 0 aliphatic carbocycles. The number of carbonyl (C=O) groups is 3. The lowest BCUT2D eigenvalue weighted by atomic mass is 10.1. The molecule has 0 atom stereocenters. The molecule has 3 aromatic rings. The summed E-state index contributed by atoms with van der Waals surface area (Å²) in [6.07, 6.45) is 1.52. The van der Waals surface area contributed by atoms with Crippen molar-refractivity contribution in [3.8, 4) is 5.69 Å². The van der Waals surface area contributed by atoms with Crippen LogP contribution in [0.15, 0.2) is 57.9 Å². The third-order valence-electron chi connectivity index (χ3n) is 4.34. The van der Waals surface area contributed by atoms with Crippen LogP contribution in [0.3, 0.4) is 0 Å². The maximum absolute atomic E-state index is 12.4. The number of nitrogens with one attached hydrogen (secondary N) is 2. The molecule has 28 heavy (non-hydrogen) atoms. The molecule has 0 saturated carbocycles. The molecule has 0 bridgehead atoms. The van der Waals surface area contributed by atoms with Crippen LogP contribution in [0.4, 0.5) is 5.82 Å². The van der Waals surface area contributed by atoms with Crippen molar-refractivity contribution in [3.05, 3.63) is 81.5 Å². The minimum Gasteiger partial charge on any atom is -0.467 e. The number of hydrogen-bond acceptors (Lipinski definition) is 6. The van der Waals surface area contributed by atoms with Crippen LogP contribution in [0.2, 0.25) is 0 Å². The van der Waals surface area contributed by atoms with Gasteiger partial charge in [0, 0.05) is 11.6 Å². The normalized spacial score (nSPS) is 12.6. The molecule has 3 heterocycles. The number of nitrogen functional groups attached to an aromatic ring is 1. The first-order chi connectivity index (χ1) is 13.5. The lowest BCUT2D eigenvalue weighted by Crippen LogP contribution is -2.25. The average Bonchev–Trinajstić information content (AvgIpc) is 3.28. The molecule has 4 rings (SSSR count). The molecule has 3 amide bonds. The lowest BCUT2D eigenvalue weighted by Gasteiger charge is -2.12. The predicted octanol–water partition coefficient (Wildman–Crippen LogP) is 0.826. The van der Waals surface area contributed by atoms with Gasteiger partial charge in [-0.3, -0.25) is 29.1 Å². The Kier molecular flexibility index (Phi) is 4.04. The molecule has 1 aromatic carbocycles. The van der Waals surface area contributed by atoms with Gasteiger partial charge in [-0.25, -0.2) is 0 Å². The second-order valence-corrected chi connectivity index (χ2v) is 6.08. The number of furan rings is 1. The van der Waals surface area contributed by atoms with Gasteiger partial charge in [-0.2, -0.15) is 0 Å². The summed E-state index contributed by atoms with van der Waals surface area (Å²) in [6, 6.07) is 10.6. The fraction of sp³-hybridized carbons (Fsp3) is 0.0526. The van der Waals surface area contributed by atoms with Crippen LogP contribution in [0, 0.1) is 0 Å². The summed E-state index contributed by atoms with van der Waals surface area (Å²) in [5.74, 6) is -1.14. The van der Waals surface area contributed by atoms with Gasteiger partial charge in [0.05, 0.1) is 29.6 Å². The third-order valence-corrected chi connectivity index (χ3v) is 4.34. The molecule has 9 nitrogen and oxygen atoms in total. The van der Waals surface area contributed by atoms with E-state index in [1.165, 1.54) is 30.5 Å². The Balaban J connectivity index is 1.62. The van der Waals surface area contributed by atoms with E-state index in [9.17, 15) is 19.2 Å². The molecule has 1 aliphatic rings. The van der Waals surface area contributed by atoms with Gasteiger partial charge >= 0.3 is 0 Å². The topological polar surface area (TPSA) is 136 Å². The van der Waals surface area contributed by atoms with E-state index in [1.807, 2.05) is 0 Å². The highest BCUT2D eigenvalue weighted by molar-refractivity contribution is 6.23. The highest BCUT2D eigenvalue weighted by Crippen LogP contribution is 2.22. The van der Waals surface area contributed by atoms with Gasteiger partial charge in [-0.05, 0) is 36.4 Å². The second-order valence-electron chi connectivity index (χ2n) is 6.08. The summed E-state index contributed by atoms with van der Waals surface area (Å²) in [5, 5.41) is 4.82. The van der Waals surface area contributed by atoms with Crippen molar-refractivity contribution in [3.63, 3.8) is 0 Å². The van der Waals surface area contributed by atoms with Gasteiger partial charge < -0.3 is 15.5 Å². The number of aromatic nitrogens is 1. The average molecular weight is 378 g/mol. The number of fused-ring (bicyclic) bond motifs is 1. The zero-order valence-electron chi connectivity index (χ0n) is 14.4. The number of anilines is 1. The van der Waals surface area contributed by atoms with Gasteiger partial charge in [0.1, 0.15) is 11.6 Å². The van der Waals surface area contributed by atoms with Crippen LogP contribution >= 0.6 is 0 Å². The number of hydrogen-bond donors (Lipinski definition) is 3. The van der Waals surface area contributed by atoms with E-state index in [0.717, 1.165) is 10.6 Å². The molecule has 4 N–H and O–H groups in total. The monoisotopic (exact) mass is 378 g/mol. The first kappa shape index (κ1) is 17.3. The van der Waals surface area contributed by atoms with Crippen molar-refractivity contribution < 1.29 is 18.8 Å². The van der Waals surface area contributed by atoms with Crippen LogP contribution in [-0.4, -0.2) is 22.3 Å². The molecule has 2 aromatic heterocycles. The van der Waals surface area contributed by atoms with E-state index in [4.69, 9.17) is 10.2 Å². The lowest BCUT2D eigenvalue weighted by molar-refractivity contribution is 0.0878. The summed E-state index contributed by atoms with van der Waals surface area (Å²) >= 11 is 0. The molecule has 0 saturated heterocycles. The van der Waals surface area contributed by atoms with Crippen molar-refractivity contribution >= 4 is 23.5 Å². The number of carbonyl (C=O) groups excluding carboxylic acids is 3. The number of rotatable bonds is 4. The zero-order chi connectivity index (χ0) is 19.8. The molecule has 1 aliphatic heterocycles. The Bertz CT molecular complexity index is 1160. The fourth-order valence-corrected chi connectivity index (χ4v) is 2.99. The van der Waals surface area contributed by atoms with Gasteiger partial charge in [-0.1, -0.05) is 0 Å². The van der Waals surface area contributed by atoms with E-state index in [1.54, 1.807) is 12.1 Å². The molecule has 140 valence electrons. The van der Waals surface area contributed by atoms with Crippen LogP contribution in [0.25, 0.3) is 5.69 Å². The third kappa shape index (κ3) is 2.84. The first-order valence-electron chi connectivity index (χ1n) is 8.28. The molecule has 0 fully saturated rings. The van der Waals surface area contributed by atoms with E-state index in [0.29, 0.717) is 17.0 Å². The molecule has 0 radical (unpaired) electrons. The van der Waals surface area contributed by atoms with E-state index < -0.39 is 17.4 Å². The van der Waals surface area contributed by atoms with Crippen LogP contribution in [0.5, 0.6) is 0 Å². The number of pyridine rings is 1. The quantitative estimate of drug-likeness (QED) is 0.575. The van der Waals surface area contributed by atoms with E-state index in [-0.39, 0.29) is 29.4 Å². The van der Waals surface area contributed by atoms with Crippen molar-refractivity contribution in [1.29, 1.82) is 0 Å². The van der Waals surface area contributed by atoms with Crippen LogP contribution < -0.4 is 21.9 Å². The number of nitrogens with two attached hydrogens (primary N) is 1.